The molecule has 1 heterocycles. The molecule has 2 aromatic rings. The molecule has 0 spiro atoms. The molecule has 84 valence electrons. The first-order valence-electron chi connectivity index (χ1n) is 5.56. The van der Waals surface area contributed by atoms with Gasteiger partial charge in [-0.15, -0.1) is 0 Å². The summed E-state index contributed by atoms with van der Waals surface area (Å²) in [5.74, 6) is 1.07. The second-order valence-electron chi connectivity index (χ2n) is 3.65. The van der Waals surface area contributed by atoms with Crippen LogP contribution in [0.3, 0.4) is 0 Å². The van der Waals surface area contributed by atoms with Crippen molar-refractivity contribution in [2.24, 2.45) is 0 Å². The number of rotatable bonds is 3. The van der Waals surface area contributed by atoms with Gasteiger partial charge in [0.05, 0.1) is 0 Å². The molecule has 0 aliphatic carbocycles. The van der Waals surface area contributed by atoms with Gasteiger partial charge in [0.25, 0.3) is 0 Å². The van der Waals surface area contributed by atoms with E-state index < -0.39 is 0 Å². The van der Waals surface area contributed by atoms with Gasteiger partial charge in [0, 0.05) is 34.5 Å². The number of anilines is 1. The van der Waals surface area contributed by atoms with E-state index in [2.05, 4.69) is 63.9 Å². The number of fused-ring (bicyclic) bond motifs is 1. The number of nitrogens with zero attached hydrogens (tertiary/aromatic N) is 2. The van der Waals surface area contributed by atoms with Gasteiger partial charge in [0.2, 0.25) is 0 Å². The molecule has 3 heteroatoms. The van der Waals surface area contributed by atoms with Gasteiger partial charge in [-0.3, -0.25) is 0 Å². The average molecular weight is 279 g/mol. The van der Waals surface area contributed by atoms with E-state index in [1.807, 2.05) is 6.20 Å². The molecule has 2 nitrogen and oxygen atoms in total. The first-order chi connectivity index (χ1) is 7.77. The average Bonchev–Trinajstić information content (AvgIpc) is 2.34. The van der Waals surface area contributed by atoms with Crippen LogP contribution in [0, 0.1) is 0 Å². The highest BCUT2D eigenvalue weighted by molar-refractivity contribution is 9.10. The van der Waals surface area contributed by atoms with Gasteiger partial charge in [-0.05, 0) is 29.8 Å². The molecule has 0 saturated carbocycles. The number of halogens is 1. The smallest absolute Gasteiger partial charge is 0.136 e. The summed E-state index contributed by atoms with van der Waals surface area (Å²) in [6.45, 7) is 6.27. The largest absolute Gasteiger partial charge is 0.357 e. The van der Waals surface area contributed by atoms with Gasteiger partial charge >= 0.3 is 0 Å². The summed E-state index contributed by atoms with van der Waals surface area (Å²) in [7, 11) is 0. The number of pyridine rings is 1. The Morgan fingerprint density at radius 1 is 1.12 bits per heavy atom. The summed E-state index contributed by atoms with van der Waals surface area (Å²) in [6, 6.07) is 8.36. The van der Waals surface area contributed by atoms with Crippen LogP contribution in [0.5, 0.6) is 0 Å². The van der Waals surface area contributed by atoms with Crippen LogP contribution < -0.4 is 4.90 Å². The Kier molecular flexibility index (Phi) is 3.44. The van der Waals surface area contributed by atoms with Crippen molar-refractivity contribution in [1.29, 1.82) is 0 Å². The lowest BCUT2D eigenvalue weighted by molar-refractivity contribution is 0.851. The maximum absolute atomic E-state index is 4.53. The van der Waals surface area contributed by atoms with Crippen molar-refractivity contribution in [1.82, 2.24) is 4.98 Å². The van der Waals surface area contributed by atoms with E-state index >= 15 is 0 Å². The molecule has 0 N–H and O–H groups in total. The molecule has 0 unspecified atom stereocenters. The lowest BCUT2D eigenvalue weighted by Crippen LogP contribution is -2.23. The lowest BCUT2D eigenvalue weighted by atomic mass is 10.1. The standard InChI is InChI=1S/C13H15BrN2/c1-3-16(4-2)13-11-8-6-5-7-10(11)12(14)9-15-13/h5-9H,3-4H2,1-2H3. The van der Waals surface area contributed by atoms with E-state index in [1.54, 1.807) is 0 Å². The third-order valence-electron chi connectivity index (χ3n) is 2.79. The van der Waals surface area contributed by atoms with Crippen LogP contribution in [0.1, 0.15) is 13.8 Å². The SMILES string of the molecule is CCN(CC)c1ncc(Br)c2ccccc12. The first-order valence-corrected chi connectivity index (χ1v) is 6.35. The zero-order valence-electron chi connectivity index (χ0n) is 9.57. The van der Waals surface area contributed by atoms with Crippen molar-refractivity contribution in [2.75, 3.05) is 18.0 Å². The van der Waals surface area contributed by atoms with E-state index in [9.17, 15) is 0 Å². The summed E-state index contributed by atoms with van der Waals surface area (Å²) >= 11 is 3.54. The van der Waals surface area contributed by atoms with Crippen molar-refractivity contribution < 1.29 is 0 Å². The fourth-order valence-electron chi connectivity index (χ4n) is 1.92. The van der Waals surface area contributed by atoms with E-state index in [0.717, 1.165) is 23.4 Å². The Morgan fingerprint density at radius 2 is 1.75 bits per heavy atom. The van der Waals surface area contributed by atoms with Gasteiger partial charge in [-0.25, -0.2) is 4.98 Å². The Morgan fingerprint density at radius 3 is 2.38 bits per heavy atom. The fourth-order valence-corrected chi connectivity index (χ4v) is 2.37. The summed E-state index contributed by atoms with van der Waals surface area (Å²) in [5.41, 5.74) is 0. The molecular formula is C13H15BrN2. The fraction of sp³-hybridized carbons (Fsp3) is 0.308. The summed E-state index contributed by atoms with van der Waals surface area (Å²) in [6.07, 6.45) is 1.88. The third-order valence-corrected chi connectivity index (χ3v) is 3.42. The predicted octanol–water partition coefficient (Wildman–Crippen LogP) is 3.84. The highest BCUT2D eigenvalue weighted by Crippen LogP contribution is 2.29. The van der Waals surface area contributed by atoms with Crippen LogP contribution in [-0.4, -0.2) is 18.1 Å². The molecule has 0 atom stereocenters. The Balaban J connectivity index is 2.66. The van der Waals surface area contributed by atoms with Crippen molar-refractivity contribution >= 4 is 32.5 Å². The van der Waals surface area contributed by atoms with Crippen LogP contribution in [0.4, 0.5) is 5.82 Å². The molecule has 0 radical (unpaired) electrons. The summed E-state index contributed by atoms with van der Waals surface area (Å²) < 4.78 is 1.05. The zero-order chi connectivity index (χ0) is 11.5. The minimum atomic E-state index is 0.981. The van der Waals surface area contributed by atoms with Gasteiger partial charge in [-0.2, -0.15) is 0 Å². The lowest BCUT2D eigenvalue weighted by Gasteiger charge is -2.21. The third kappa shape index (κ3) is 1.92. The quantitative estimate of drug-likeness (QED) is 0.848. The zero-order valence-corrected chi connectivity index (χ0v) is 11.2. The predicted molar refractivity (Wildman–Crippen MR) is 73.0 cm³/mol. The normalized spacial score (nSPS) is 10.7. The molecule has 16 heavy (non-hydrogen) atoms. The minimum Gasteiger partial charge on any atom is -0.357 e. The van der Waals surface area contributed by atoms with Gasteiger partial charge in [0.15, 0.2) is 0 Å². The monoisotopic (exact) mass is 278 g/mol. The second kappa shape index (κ2) is 4.83. The Hall–Kier alpha value is -1.09. The minimum absolute atomic E-state index is 0.981. The Labute approximate surface area is 104 Å². The Bertz CT molecular complexity index is 492. The van der Waals surface area contributed by atoms with E-state index in [1.165, 1.54) is 10.8 Å². The number of hydrogen-bond acceptors (Lipinski definition) is 2. The molecule has 0 bridgehead atoms. The molecular weight excluding hydrogens is 264 g/mol. The van der Waals surface area contributed by atoms with Crippen molar-refractivity contribution in [3.63, 3.8) is 0 Å². The molecule has 2 rings (SSSR count). The highest BCUT2D eigenvalue weighted by Gasteiger charge is 2.09. The molecule has 1 aromatic carbocycles. The topological polar surface area (TPSA) is 16.1 Å². The molecule has 1 aromatic heterocycles. The van der Waals surface area contributed by atoms with Crippen LogP contribution in [0.15, 0.2) is 34.9 Å². The first kappa shape index (κ1) is 11.4. The summed E-state index contributed by atoms with van der Waals surface area (Å²) in [5, 5.41) is 2.43. The van der Waals surface area contributed by atoms with Crippen molar-refractivity contribution in [3.8, 4) is 0 Å². The van der Waals surface area contributed by atoms with E-state index in [4.69, 9.17) is 0 Å². The maximum atomic E-state index is 4.53. The molecule has 0 fully saturated rings. The van der Waals surface area contributed by atoms with Crippen molar-refractivity contribution in [2.45, 2.75) is 13.8 Å². The van der Waals surface area contributed by atoms with Crippen LogP contribution in [0.2, 0.25) is 0 Å². The summed E-state index contributed by atoms with van der Waals surface area (Å²) in [4.78, 5) is 6.80. The molecule has 0 aliphatic rings. The van der Waals surface area contributed by atoms with Crippen LogP contribution in [-0.2, 0) is 0 Å². The van der Waals surface area contributed by atoms with E-state index in [0.29, 0.717) is 0 Å². The van der Waals surface area contributed by atoms with Crippen LogP contribution in [0.25, 0.3) is 10.8 Å². The van der Waals surface area contributed by atoms with Gasteiger partial charge < -0.3 is 4.90 Å². The number of hydrogen-bond donors (Lipinski definition) is 0. The van der Waals surface area contributed by atoms with Gasteiger partial charge in [0.1, 0.15) is 5.82 Å². The number of benzene rings is 1. The highest BCUT2D eigenvalue weighted by atomic mass is 79.9. The van der Waals surface area contributed by atoms with Crippen molar-refractivity contribution in [3.05, 3.63) is 34.9 Å². The number of aromatic nitrogens is 1. The molecule has 0 saturated heterocycles. The van der Waals surface area contributed by atoms with Gasteiger partial charge in [-0.1, -0.05) is 24.3 Å². The van der Waals surface area contributed by atoms with E-state index in [-0.39, 0.29) is 0 Å². The van der Waals surface area contributed by atoms with Crippen LogP contribution >= 0.6 is 15.9 Å². The second-order valence-corrected chi connectivity index (χ2v) is 4.50. The molecule has 0 aliphatic heterocycles. The maximum Gasteiger partial charge on any atom is 0.136 e. The molecule has 0 amide bonds.